The number of carbonyl (C=O) groups is 1. The van der Waals surface area contributed by atoms with Gasteiger partial charge in [0.1, 0.15) is 6.29 Å². The maximum Gasteiger partial charge on any atom is 0.123 e. The molecule has 0 aromatic heterocycles. The molecule has 1 nitrogen and oxygen atoms in total. The van der Waals surface area contributed by atoms with Crippen LogP contribution >= 0.6 is 0 Å². The average molecular weight is 160 g/mol. The fourth-order valence-electron chi connectivity index (χ4n) is 1.90. The summed E-state index contributed by atoms with van der Waals surface area (Å²) in [5, 5.41) is 0. The Morgan fingerprint density at radius 3 is 2.42 bits per heavy atom. The molecule has 1 aliphatic rings. The Hall–Kier alpha value is -1.11. The van der Waals surface area contributed by atoms with Gasteiger partial charge in [0.05, 0.1) is 0 Å². The van der Waals surface area contributed by atoms with Gasteiger partial charge in [-0.2, -0.15) is 0 Å². The molecule has 0 N–H and O–H groups in total. The summed E-state index contributed by atoms with van der Waals surface area (Å²) in [6, 6.07) is 10.3. The lowest BCUT2D eigenvalue weighted by atomic mass is 10.1. The zero-order valence-corrected chi connectivity index (χ0v) is 7.10. The van der Waals surface area contributed by atoms with Crippen LogP contribution < -0.4 is 0 Å². The molecule has 0 amide bonds. The molecule has 3 atom stereocenters. The van der Waals surface area contributed by atoms with Gasteiger partial charge in [-0.25, -0.2) is 0 Å². The van der Waals surface area contributed by atoms with Gasteiger partial charge in [-0.1, -0.05) is 37.3 Å². The molecule has 0 heterocycles. The van der Waals surface area contributed by atoms with E-state index in [2.05, 4.69) is 19.1 Å². The van der Waals surface area contributed by atoms with Crippen LogP contribution in [0.15, 0.2) is 30.3 Å². The average Bonchev–Trinajstić information content (AvgIpc) is 2.78. The minimum absolute atomic E-state index is 0.271. The molecule has 0 aliphatic heterocycles. The lowest BCUT2D eigenvalue weighted by Crippen LogP contribution is -1.82. The van der Waals surface area contributed by atoms with Crippen LogP contribution in [0.4, 0.5) is 0 Å². The van der Waals surface area contributed by atoms with E-state index in [9.17, 15) is 4.79 Å². The third-order valence-corrected chi connectivity index (χ3v) is 2.79. The molecule has 1 aliphatic carbocycles. The summed E-state index contributed by atoms with van der Waals surface area (Å²) in [5.41, 5.74) is 1.31. The summed E-state index contributed by atoms with van der Waals surface area (Å²) >= 11 is 0. The monoisotopic (exact) mass is 160 g/mol. The number of benzene rings is 1. The highest BCUT2D eigenvalue weighted by Gasteiger charge is 2.47. The molecule has 62 valence electrons. The van der Waals surface area contributed by atoms with Crippen LogP contribution in [-0.2, 0) is 4.79 Å². The van der Waals surface area contributed by atoms with Crippen LogP contribution in [0, 0.1) is 11.8 Å². The SMILES string of the molecule is C[C@@H]1[C@@H](C=O)[C@@H]1c1ccccc1. The summed E-state index contributed by atoms with van der Waals surface area (Å²) in [7, 11) is 0. The highest BCUT2D eigenvalue weighted by molar-refractivity contribution is 5.62. The zero-order chi connectivity index (χ0) is 8.55. The van der Waals surface area contributed by atoms with Gasteiger partial charge in [-0.15, -0.1) is 0 Å². The van der Waals surface area contributed by atoms with Gasteiger partial charge < -0.3 is 4.79 Å². The number of aldehydes is 1. The van der Waals surface area contributed by atoms with Crippen molar-refractivity contribution in [2.24, 2.45) is 11.8 Å². The first-order chi connectivity index (χ1) is 5.84. The van der Waals surface area contributed by atoms with Crippen molar-refractivity contribution < 1.29 is 4.79 Å². The summed E-state index contributed by atoms with van der Waals surface area (Å²) in [5.74, 6) is 1.31. The molecule has 1 aromatic carbocycles. The maximum atomic E-state index is 10.6. The largest absolute Gasteiger partial charge is 0.303 e. The van der Waals surface area contributed by atoms with Crippen molar-refractivity contribution in [1.82, 2.24) is 0 Å². The van der Waals surface area contributed by atoms with Crippen molar-refractivity contribution in [3.05, 3.63) is 35.9 Å². The van der Waals surface area contributed by atoms with E-state index in [-0.39, 0.29) is 5.92 Å². The Morgan fingerprint density at radius 2 is 1.92 bits per heavy atom. The first kappa shape index (κ1) is 7.53. The topological polar surface area (TPSA) is 17.1 Å². The molecule has 1 aromatic rings. The highest BCUT2D eigenvalue weighted by atomic mass is 16.1. The molecular weight excluding hydrogens is 148 g/mol. The molecule has 12 heavy (non-hydrogen) atoms. The second-order valence-corrected chi connectivity index (χ2v) is 3.51. The van der Waals surface area contributed by atoms with Gasteiger partial charge in [-0.05, 0) is 17.4 Å². The van der Waals surface area contributed by atoms with Gasteiger partial charge in [-0.3, -0.25) is 0 Å². The minimum Gasteiger partial charge on any atom is -0.303 e. The Labute approximate surface area is 72.4 Å². The van der Waals surface area contributed by atoms with Crippen molar-refractivity contribution in [2.75, 3.05) is 0 Å². The number of hydrogen-bond acceptors (Lipinski definition) is 1. The molecule has 0 saturated heterocycles. The van der Waals surface area contributed by atoms with Gasteiger partial charge in [0, 0.05) is 5.92 Å². The van der Waals surface area contributed by atoms with Gasteiger partial charge in [0.15, 0.2) is 0 Å². The van der Waals surface area contributed by atoms with E-state index >= 15 is 0 Å². The number of rotatable bonds is 2. The van der Waals surface area contributed by atoms with Crippen LogP contribution in [0.1, 0.15) is 18.4 Å². The summed E-state index contributed by atoms with van der Waals surface area (Å²) in [6.07, 6.45) is 1.09. The van der Waals surface area contributed by atoms with E-state index in [0.29, 0.717) is 11.8 Å². The predicted molar refractivity (Wildman–Crippen MR) is 47.9 cm³/mol. The van der Waals surface area contributed by atoms with E-state index in [1.54, 1.807) is 0 Å². The van der Waals surface area contributed by atoms with Crippen molar-refractivity contribution in [3.63, 3.8) is 0 Å². The van der Waals surface area contributed by atoms with Crippen molar-refractivity contribution in [3.8, 4) is 0 Å². The first-order valence-electron chi connectivity index (χ1n) is 4.35. The Morgan fingerprint density at radius 1 is 1.25 bits per heavy atom. The maximum absolute atomic E-state index is 10.6. The quantitative estimate of drug-likeness (QED) is 0.606. The standard InChI is InChI=1S/C11H12O/c1-8-10(7-12)11(8)9-5-3-2-4-6-9/h2-8,10-11H,1H3/t8-,10-,11+/m1/s1. The van der Waals surface area contributed by atoms with Crippen LogP contribution in [0.25, 0.3) is 0 Å². The van der Waals surface area contributed by atoms with Gasteiger partial charge in [0.25, 0.3) is 0 Å². The fraction of sp³-hybridized carbons (Fsp3) is 0.364. The number of hydrogen-bond donors (Lipinski definition) is 0. The van der Waals surface area contributed by atoms with Crippen molar-refractivity contribution in [2.45, 2.75) is 12.8 Å². The van der Waals surface area contributed by atoms with Crippen LogP contribution in [-0.4, -0.2) is 6.29 Å². The molecule has 1 saturated carbocycles. The Balaban J connectivity index is 2.19. The molecule has 1 heteroatoms. The Kier molecular flexibility index (Phi) is 1.72. The van der Waals surface area contributed by atoms with Crippen LogP contribution in [0.2, 0.25) is 0 Å². The first-order valence-corrected chi connectivity index (χ1v) is 4.35. The molecule has 2 rings (SSSR count). The highest BCUT2D eigenvalue weighted by Crippen LogP contribution is 2.52. The van der Waals surface area contributed by atoms with Crippen molar-refractivity contribution >= 4 is 6.29 Å². The molecule has 0 radical (unpaired) electrons. The second kappa shape index (κ2) is 2.74. The normalized spacial score (nSPS) is 32.9. The van der Waals surface area contributed by atoms with E-state index in [1.807, 2.05) is 18.2 Å². The zero-order valence-electron chi connectivity index (χ0n) is 7.10. The minimum atomic E-state index is 0.271. The molecule has 0 unspecified atom stereocenters. The van der Waals surface area contributed by atoms with Crippen molar-refractivity contribution in [1.29, 1.82) is 0 Å². The van der Waals surface area contributed by atoms with E-state index < -0.39 is 0 Å². The molecule has 0 bridgehead atoms. The lowest BCUT2D eigenvalue weighted by Gasteiger charge is -1.95. The van der Waals surface area contributed by atoms with E-state index in [1.165, 1.54) is 5.56 Å². The smallest absolute Gasteiger partial charge is 0.123 e. The third kappa shape index (κ3) is 1.06. The second-order valence-electron chi connectivity index (χ2n) is 3.51. The summed E-state index contributed by atoms with van der Waals surface area (Å²) < 4.78 is 0. The molecule has 1 fully saturated rings. The van der Waals surface area contributed by atoms with Gasteiger partial charge in [0.2, 0.25) is 0 Å². The van der Waals surface area contributed by atoms with Crippen LogP contribution in [0.3, 0.4) is 0 Å². The Bertz CT molecular complexity index is 278. The molecular formula is C11H12O. The third-order valence-electron chi connectivity index (χ3n) is 2.79. The summed E-state index contributed by atoms with van der Waals surface area (Å²) in [4.78, 5) is 10.6. The molecule has 0 spiro atoms. The predicted octanol–water partition coefficient (Wildman–Crippen LogP) is 2.24. The lowest BCUT2D eigenvalue weighted by molar-refractivity contribution is -0.109. The number of carbonyl (C=O) groups excluding carboxylic acids is 1. The van der Waals surface area contributed by atoms with E-state index in [0.717, 1.165) is 6.29 Å². The van der Waals surface area contributed by atoms with E-state index in [4.69, 9.17) is 0 Å². The van der Waals surface area contributed by atoms with Crippen LogP contribution in [0.5, 0.6) is 0 Å². The summed E-state index contributed by atoms with van der Waals surface area (Å²) in [6.45, 7) is 2.14. The van der Waals surface area contributed by atoms with Gasteiger partial charge >= 0.3 is 0 Å². The fourth-order valence-corrected chi connectivity index (χ4v) is 1.90.